The summed E-state index contributed by atoms with van der Waals surface area (Å²) in [6, 6.07) is 9.20. The number of rotatable bonds is 10. The van der Waals surface area contributed by atoms with E-state index in [1.165, 1.54) is 0 Å². The SMILES string of the molecule is CCC(=O)c1ccc(C2=CCc3nc(Cc4ccc(C(=O)NC5COC5)cc4OC)nc(OC4CCC4)c32)cn1. The van der Waals surface area contributed by atoms with Crippen LogP contribution in [0.2, 0.25) is 0 Å². The van der Waals surface area contributed by atoms with Crippen LogP contribution in [0, 0.1) is 0 Å². The maximum atomic E-state index is 12.6. The minimum Gasteiger partial charge on any atom is -0.496 e. The van der Waals surface area contributed by atoms with Crippen LogP contribution in [0.5, 0.6) is 11.6 Å². The second kappa shape index (κ2) is 11.2. The molecule has 1 saturated heterocycles. The minimum absolute atomic E-state index is 0.0198. The molecular formula is C31H32N4O5. The van der Waals surface area contributed by atoms with Crippen molar-refractivity contribution in [2.45, 2.75) is 57.6 Å². The first-order chi connectivity index (χ1) is 19.5. The van der Waals surface area contributed by atoms with Gasteiger partial charge in [0.15, 0.2) is 5.78 Å². The summed E-state index contributed by atoms with van der Waals surface area (Å²) in [5.74, 6) is 1.69. The van der Waals surface area contributed by atoms with Crippen LogP contribution in [0.25, 0.3) is 5.57 Å². The molecule has 1 aliphatic heterocycles. The van der Waals surface area contributed by atoms with Gasteiger partial charge in [-0.3, -0.25) is 14.6 Å². The number of fused-ring (bicyclic) bond motifs is 1. The number of methoxy groups -OCH3 is 1. The summed E-state index contributed by atoms with van der Waals surface area (Å²) in [4.78, 5) is 38.9. The fraction of sp³-hybridized carbons (Fsp3) is 0.387. The van der Waals surface area contributed by atoms with Crippen LogP contribution < -0.4 is 14.8 Å². The van der Waals surface area contributed by atoms with Gasteiger partial charge in [-0.05, 0) is 43.0 Å². The molecule has 6 rings (SSSR count). The van der Waals surface area contributed by atoms with Crippen LogP contribution in [-0.4, -0.2) is 59.1 Å². The lowest BCUT2D eigenvalue weighted by molar-refractivity contribution is -0.00346. The molecule has 1 N–H and O–H groups in total. The minimum atomic E-state index is -0.150. The highest BCUT2D eigenvalue weighted by Gasteiger charge is 2.29. The molecule has 206 valence electrons. The number of allylic oxidation sites excluding steroid dienone is 1. The van der Waals surface area contributed by atoms with Crippen LogP contribution in [0.15, 0.2) is 42.6 Å². The van der Waals surface area contributed by atoms with Gasteiger partial charge >= 0.3 is 0 Å². The molecular weight excluding hydrogens is 508 g/mol. The van der Waals surface area contributed by atoms with E-state index in [9.17, 15) is 9.59 Å². The highest BCUT2D eigenvalue weighted by molar-refractivity contribution is 5.95. The number of nitrogens with one attached hydrogen (secondary N) is 1. The smallest absolute Gasteiger partial charge is 0.251 e. The topological polar surface area (TPSA) is 113 Å². The van der Waals surface area contributed by atoms with Crippen LogP contribution in [0.3, 0.4) is 0 Å². The quantitative estimate of drug-likeness (QED) is 0.383. The van der Waals surface area contributed by atoms with E-state index in [1.54, 1.807) is 31.5 Å². The Morgan fingerprint density at radius 1 is 1.12 bits per heavy atom. The molecule has 9 heteroatoms. The van der Waals surface area contributed by atoms with E-state index in [-0.39, 0.29) is 23.8 Å². The van der Waals surface area contributed by atoms with E-state index in [0.717, 1.165) is 47.2 Å². The van der Waals surface area contributed by atoms with Gasteiger partial charge in [0.05, 0.1) is 37.6 Å². The third kappa shape index (κ3) is 5.21. The van der Waals surface area contributed by atoms with Gasteiger partial charge < -0.3 is 19.5 Å². The number of Topliss-reactive ketones (excluding diaryl/α,β-unsaturated/α-hetero) is 1. The third-order valence-corrected chi connectivity index (χ3v) is 7.65. The second-order valence-corrected chi connectivity index (χ2v) is 10.4. The van der Waals surface area contributed by atoms with Gasteiger partial charge in [-0.2, -0.15) is 4.98 Å². The predicted octanol–water partition coefficient (Wildman–Crippen LogP) is 4.11. The number of amides is 1. The Morgan fingerprint density at radius 2 is 1.98 bits per heavy atom. The molecule has 2 aliphatic carbocycles. The van der Waals surface area contributed by atoms with Crippen molar-refractivity contribution in [3.63, 3.8) is 0 Å². The Bertz CT molecular complexity index is 1480. The van der Waals surface area contributed by atoms with Crippen LogP contribution in [0.1, 0.15) is 81.7 Å². The van der Waals surface area contributed by atoms with E-state index in [2.05, 4.69) is 16.4 Å². The zero-order valence-corrected chi connectivity index (χ0v) is 22.7. The first-order valence-corrected chi connectivity index (χ1v) is 13.8. The van der Waals surface area contributed by atoms with Gasteiger partial charge in [0.25, 0.3) is 5.91 Å². The molecule has 0 atom stereocenters. The maximum Gasteiger partial charge on any atom is 0.251 e. The molecule has 1 aromatic carbocycles. The number of aromatic nitrogens is 3. The van der Waals surface area contributed by atoms with Crippen molar-refractivity contribution < 1.29 is 23.8 Å². The predicted molar refractivity (Wildman–Crippen MR) is 148 cm³/mol. The Kier molecular flexibility index (Phi) is 7.30. The molecule has 0 radical (unpaired) electrons. The summed E-state index contributed by atoms with van der Waals surface area (Å²) in [6.45, 7) is 2.91. The van der Waals surface area contributed by atoms with Crippen molar-refractivity contribution in [1.29, 1.82) is 0 Å². The third-order valence-electron chi connectivity index (χ3n) is 7.65. The van der Waals surface area contributed by atoms with Crippen LogP contribution >= 0.6 is 0 Å². The average Bonchev–Trinajstić information content (AvgIpc) is 3.36. The average molecular weight is 541 g/mol. The van der Waals surface area contributed by atoms with Crippen molar-refractivity contribution in [1.82, 2.24) is 20.3 Å². The number of carbonyl (C=O) groups excluding carboxylic acids is 2. The number of pyridine rings is 1. The zero-order valence-electron chi connectivity index (χ0n) is 22.7. The summed E-state index contributed by atoms with van der Waals surface area (Å²) in [7, 11) is 1.60. The standard InChI is InChI=1S/C31H32N4O5/c1-3-26(36)24-11-9-20(15-32-24)23-10-12-25-29(23)31(40-22-5-4-6-22)35-28(34-25)14-18-7-8-19(13-27(18)38-2)30(37)33-21-16-39-17-21/h7-11,13,15,21-22H,3-6,12,14,16-17H2,1-2H3,(H,33,37). The molecule has 0 spiro atoms. The molecule has 2 fully saturated rings. The summed E-state index contributed by atoms with van der Waals surface area (Å²) in [5, 5.41) is 2.96. The number of ether oxygens (including phenoxy) is 3. The van der Waals surface area contributed by atoms with Crippen LogP contribution in [0.4, 0.5) is 0 Å². The number of hydrogen-bond acceptors (Lipinski definition) is 8. The van der Waals surface area contributed by atoms with Gasteiger partial charge in [0, 0.05) is 42.1 Å². The van der Waals surface area contributed by atoms with E-state index in [4.69, 9.17) is 24.2 Å². The lowest BCUT2D eigenvalue weighted by Gasteiger charge is -2.27. The van der Waals surface area contributed by atoms with Gasteiger partial charge in [0.2, 0.25) is 5.88 Å². The number of hydrogen-bond donors (Lipinski definition) is 1. The Hall–Kier alpha value is -4.11. The van der Waals surface area contributed by atoms with Crippen LogP contribution in [-0.2, 0) is 17.6 Å². The largest absolute Gasteiger partial charge is 0.496 e. The van der Waals surface area contributed by atoms with E-state index in [1.807, 2.05) is 19.1 Å². The molecule has 9 nitrogen and oxygen atoms in total. The number of ketones is 1. The van der Waals surface area contributed by atoms with E-state index >= 15 is 0 Å². The second-order valence-electron chi connectivity index (χ2n) is 10.4. The molecule has 1 amide bonds. The maximum absolute atomic E-state index is 12.6. The van der Waals surface area contributed by atoms with Crippen molar-refractivity contribution in [3.05, 3.63) is 82.1 Å². The Balaban J connectivity index is 1.28. The fourth-order valence-electron chi connectivity index (χ4n) is 5.01. The molecule has 3 aliphatic rings. The monoisotopic (exact) mass is 540 g/mol. The van der Waals surface area contributed by atoms with E-state index in [0.29, 0.717) is 61.2 Å². The molecule has 3 aromatic rings. The summed E-state index contributed by atoms with van der Waals surface area (Å²) in [6.07, 6.45) is 8.67. The number of carbonyl (C=O) groups is 2. The molecule has 2 aromatic heterocycles. The Labute approximate surface area is 233 Å². The summed E-state index contributed by atoms with van der Waals surface area (Å²) >= 11 is 0. The normalized spacial score (nSPS) is 16.4. The van der Waals surface area contributed by atoms with Gasteiger partial charge in [0.1, 0.15) is 23.4 Å². The van der Waals surface area contributed by atoms with Crippen molar-refractivity contribution in [2.24, 2.45) is 0 Å². The lowest BCUT2D eigenvalue weighted by atomic mass is 9.96. The van der Waals surface area contributed by atoms with Gasteiger partial charge in [-0.25, -0.2) is 4.98 Å². The highest BCUT2D eigenvalue weighted by atomic mass is 16.5. The number of nitrogens with zero attached hydrogens (tertiary/aromatic N) is 3. The van der Waals surface area contributed by atoms with Crippen molar-refractivity contribution in [3.8, 4) is 11.6 Å². The Morgan fingerprint density at radius 3 is 2.62 bits per heavy atom. The molecule has 40 heavy (non-hydrogen) atoms. The molecule has 1 saturated carbocycles. The summed E-state index contributed by atoms with van der Waals surface area (Å²) < 4.78 is 17.2. The highest BCUT2D eigenvalue weighted by Crippen LogP contribution is 2.39. The van der Waals surface area contributed by atoms with Crippen molar-refractivity contribution in [2.75, 3.05) is 20.3 Å². The zero-order chi connectivity index (χ0) is 27.6. The first-order valence-electron chi connectivity index (χ1n) is 13.8. The molecule has 0 unspecified atom stereocenters. The first kappa shape index (κ1) is 26.1. The van der Waals surface area contributed by atoms with E-state index < -0.39 is 0 Å². The molecule has 0 bridgehead atoms. The van der Waals surface area contributed by atoms with Gasteiger partial charge in [-0.1, -0.05) is 25.1 Å². The number of benzene rings is 1. The lowest BCUT2D eigenvalue weighted by Crippen LogP contribution is -2.48. The van der Waals surface area contributed by atoms with Crippen molar-refractivity contribution >= 4 is 17.3 Å². The summed E-state index contributed by atoms with van der Waals surface area (Å²) in [5.41, 5.74) is 5.57. The fourth-order valence-corrected chi connectivity index (χ4v) is 5.01. The van der Waals surface area contributed by atoms with Gasteiger partial charge in [-0.15, -0.1) is 0 Å². The molecule has 3 heterocycles.